The summed E-state index contributed by atoms with van der Waals surface area (Å²) in [6.07, 6.45) is 4.56. The zero-order valence-electron chi connectivity index (χ0n) is 17.1. The molecule has 0 spiro atoms. The Balaban J connectivity index is 1.39. The lowest BCUT2D eigenvalue weighted by Gasteiger charge is -2.33. The first kappa shape index (κ1) is 21.1. The van der Waals surface area contributed by atoms with Crippen molar-refractivity contribution in [2.45, 2.75) is 31.8 Å². The Labute approximate surface area is 178 Å². The molecule has 10 heteroatoms. The number of anilines is 1. The van der Waals surface area contributed by atoms with E-state index in [1.165, 1.54) is 0 Å². The molecule has 1 aliphatic rings. The van der Waals surface area contributed by atoms with Crippen LogP contribution in [-0.2, 0) is 0 Å². The van der Waals surface area contributed by atoms with Gasteiger partial charge in [-0.1, -0.05) is 12.1 Å². The number of hydrogen-bond donors (Lipinski definition) is 2. The van der Waals surface area contributed by atoms with Crippen LogP contribution >= 0.6 is 0 Å². The Kier molecular flexibility index (Phi) is 6.36. The summed E-state index contributed by atoms with van der Waals surface area (Å²) in [6.45, 7) is 1.26. The Morgan fingerprint density at radius 1 is 1.23 bits per heavy atom. The van der Waals surface area contributed by atoms with E-state index in [-0.39, 0.29) is 18.0 Å². The van der Waals surface area contributed by atoms with Gasteiger partial charge in [0.25, 0.3) is 0 Å². The summed E-state index contributed by atoms with van der Waals surface area (Å²) in [7, 11) is 0. The second-order valence-corrected chi connectivity index (χ2v) is 7.57. The van der Waals surface area contributed by atoms with Crippen molar-refractivity contribution in [1.82, 2.24) is 25.2 Å². The van der Waals surface area contributed by atoms with E-state index in [9.17, 15) is 13.6 Å². The maximum atomic E-state index is 12.7. The van der Waals surface area contributed by atoms with Crippen LogP contribution in [-0.4, -0.2) is 64.4 Å². The van der Waals surface area contributed by atoms with Crippen molar-refractivity contribution in [3.05, 3.63) is 36.5 Å². The highest BCUT2D eigenvalue weighted by Crippen LogP contribution is 2.24. The van der Waals surface area contributed by atoms with Crippen LogP contribution in [0.1, 0.15) is 18.7 Å². The molecule has 0 unspecified atom stereocenters. The third-order valence-corrected chi connectivity index (χ3v) is 5.33. The highest BCUT2D eigenvalue weighted by molar-refractivity contribution is 5.89. The summed E-state index contributed by atoms with van der Waals surface area (Å²) in [5, 5.41) is 6.53. The molecule has 1 aliphatic heterocycles. The van der Waals surface area contributed by atoms with Gasteiger partial charge in [0, 0.05) is 43.2 Å². The molecule has 4 rings (SSSR count). The topological polar surface area (TPSA) is 96.2 Å². The molecular formula is C21H24F2N6O2. The SMILES string of the molecule is Cc1ncc(-c2ccc3cnc(NC(=O)N4CCC(NC(CF)CF)CC4)nc3c2)o1. The predicted molar refractivity (Wildman–Crippen MR) is 112 cm³/mol. The van der Waals surface area contributed by atoms with Gasteiger partial charge in [0.05, 0.1) is 17.8 Å². The third kappa shape index (κ3) is 4.96. The molecule has 1 aromatic carbocycles. The number of nitrogens with one attached hydrogen (secondary N) is 2. The summed E-state index contributed by atoms with van der Waals surface area (Å²) in [5.74, 6) is 1.43. The first-order chi connectivity index (χ1) is 15.1. The smallest absolute Gasteiger partial charge is 0.324 e. The number of rotatable bonds is 6. The van der Waals surface area contributed by atoms with E-state index in [2.05, 4.69) is 25.6 Å². The number of alkyl halides is 2. The maximum absolute atomic E-state index is 12.7. The number of piperidine rings is 1. The first-order valence-corrected chi connectivity index (χ1v) is 10.2. The number of fused-ring (bicyclic) bond motifs is 1. The molecule has 2 amide bonds. The Morgan fingerprint density at radius 3 is 2.68 bits per heavy atom. The van der Waals surface area contributed by atoms with Gasteiger partial charge in [-0.15, -0.1) is 0 Å². The number of amides is 2. The zero-order chi connectivity index (χ0) is 21.8. The number of oxazole rings is 1. The summed E-state index contributed by atoms with van der Waals surface area (Å²) in [6, 6.07) is 4.56. The quantitative estimate of drug-likeness (QED) is 0.622. The fourth-order valence-corrected chi connectivity index (χ4v) is 3.62. The number of carbonyl (C=O) groups is 1. The van der Waals surface area contributed by atoms with Crippen molar-refractivity contribution < 1.29 is 18.0 Å². The molecule has 2 aromatic heterocycles. The molecule has 164 valence electrons. The number of aromatic nitrogens is 3. The van der Waals surface area contributed by atoms with Crippen molar-refractivity contribution in [2.75, 3.05) is 31.8 Å². The minimum atomic E-state index is -0.776. The molecule has 1 fully saturated rings. The summed E-state index contributed by atoms with van der Waals surface area (Å²) in [4.78, 5) is 27.0. The van der Waals surface area contributed by atoms with Gasteiger partial charge >= 0.3 is 6.03 Å². The number of hydrogen-bond acceptors (Lipinski definition) is 6. The molecule has 0 atom stereocenters. The van der Waals surface area contributed by atoms with Crippen molar-refractivity contribution in [2.24, 2.45) is 0 Å². The number of likely N-dealkylation sites (tertiary alicyclic amines) is 1. The first-order valence-electron chi connectivity index (χ1n) is 10.2. The van der Waals surface area contributed by atoms with E-state index in [0.717, 1.165) is 10.9 Å². The van der Waals surface area contributed by atoms with Crippen molar-refractivity contribution >= 4 is 22.9 Å². The molecule has 2 N–H and O–H groups in total. The van der Waals surface area contributed by atoms with Gasteiger partial charge in [-0.3, -0.25) is 5.32 Å². The van der Waals surface area contributed by atoms with E-state index >= 15 is 0 Å². The van der Waals surface area contributed by atoms with Gasteiger partial charge in [-0.25, -0.2) is 28.5 Å². The van der Waals surface area contributed by atoms with Gasteiger partial charge in [0.1, 0.15) is 13.3 Å². The summed E-state index contributed by atoms with van der Waals surface area (Å²) in [5.41, 5.74) is 1.50. The Morgan fingerprint density at radius 2 is 2.00 bits per heavy atom. The van der Waals surface area contributed by atoms with E-state index in [1.807, 2.05) is 18.2 Å². The number of halogens is 2. The molecule has 3 aromatic rings. The average Bonchev–Trinajstić information content (AvgIpc) is 3.23. The van der Waals surface area contributed by atoms with Gasteiger partial charge in [0.15, 0.2) is 11.7 Å². The lowest BCUT2D eigenvalue weighted by Crippen LogP contribution is -2.49. The number of aryl methyl sites for hydroxylation is 1. The van der Waals surface area contributed by atoms with Crippen LogP contribution in [0.15, 0.2) is 35.0 Å². The van der Waals surface area contributed by atoms with Crippen LogP contribution in [0, 0.1) is 6.92 Å². The molecule has 0 bridgehead atoms. The molecule has 1 saturated heterocycles. The lowest BCUT2D eigenvalue weighted by molar-refractivity contribution is 0.179. The molecule has 0 saturated carbocycles. The van der Waals surface area contributed by atoms with Gasteiger partial charge in [0.2, 0.25) is 5.95 Å². The molecule has 8 nitrogen and oxygen atoms in total. The zero-order valence-corrected chi connectivity index (χ0v) is 17.1. The number of benzene rings is 1. The van der Waals surface area contributed by atoms with Crippen LogP contribution < -0.4 is 10.6 Å². The molecule has 0 aliphatic carbocycles. The van der Waals surface area contributed by atoms with Crippen molar-refractivity contribution in [3.8, 4) is 11.3 Å². The average molecular weight is 430 g/mol. The summed E-state index contributed by atoms with van der Waals surface area (Å²) >= 11 is 0. The Bertz CT molecular complexity index is 1050. The van der Waals surface area contributed by atoms with Crippen LogP contribution in [0.3, 0.4) is 0 Å². The van der Waals surface area contributed by atoms with Gasteiger partial charge in [-0.2, -0.15) is 0 Å². The van der Waals surface area contributed by atoms with E-state index in [1.54, 1.807) is 24.2 Å². The predicted octanol–water partition coefficient (Wildman–Crippen LogP) is 3.49. The number of urea groups is 1. The minimum absolute atomic E-state index is 0.00406. The second-order valence-electron chi connectivity index (χ2n) is 7.57. The van der Waals surface area contributed by atoms with Gasteiger partial charge in [-0.05, 0) is 18.9 Å². The highest BCUT2D eigenvalue weighted by atomic mass is 19.1. The second kappa shape index (κ2) is 9.34. The summed E-state index contributed by atoms with van der Waals surface area (Å²) < 4.78 is 31.0. The standard InChI is InChI=1S/C21H24F2N6O2/c1-13-24-12-19(31-13)14-2-3-15-11-25-20(27-18(15)8-14)28-21(30)29-6-4-16(5-7-29)26-17(9-22)10-23/h2-3,8,11-12,16-17,26H,4-7,9-10H2,1H3,(H,25,27,28,30). The lowest BCUT2D eigenvalue weighted by atomic mass is 10.0. The minimum Gasteiger partial charge on any atom is -0.441 e. The molecule has 31 heavy (non-hydrogen) atoms. The maximum Gasteiger partial charge on any atom is 0.324 e. The molecular weight excluding hydrogens is 406 g/mol. The number of nitrogens with zero attached hydrogens (tertiary/aromatic N) is 4. The van der Waals surface area contributed by atoms with Crippen LogP contribution in [0.2, 0.25) is 0 Å². The Hall–Kier alpha value is -3.14. The van der Waals surface area contributed by atoms with Crippen LogP contribution in [0.25, 0.3) is 22.2 Å². The fourth-order valence-electron chi connectivity index (χ4n) is 3.62. The monoisotopic (exact) mass is 430 g/mol. The molecule has 0 radical (unpaired) electrons. The molecule has 3 heterocycles. The normalized spacial score (nSPS) is 15.0. The van der Waals surface area contributed by atoms with E-state index in [0.29, 0.717) is 43.1 Å². The van der Waals surface area contributed by atoms with E-state index in [4.69, 9.17) is 4.42 Å². The fraction of sp³-hybridized carbons (Fsp3) is 0.429. The van der Waals surface area contributed by atoms with Crippen molar-refractivity contribution in [3.63, 3.8) is 0 Å². The highest BCUT2D eigenvalue weighted by Gasteiger charge is 2.25. The van der Waals surface area contributed by atoms with Crippen LogP contribution in [0.5, 0.6) is 0 Å². The third-order valence-electron chi connectivity index (χ3n) is 5.33. The van der Waals surface area contributed by atoms with E-state index < -0.39 is 19.4 Å². The largest absolute Gasteiger partial charge is 0.441 e. The van der Waals surface area contributed by atoms with Gasteiger partial charge < -0.3 is 14.6 Å². The van der Waals surface area contributed by atoms with Crippen molar-refractivity contribution in [1.29, 1.82) is 0 Å². The number of carbonyl (C=O) groups excluding carboxylic acids is 1. The van der Waals surface area contributed by atoms with Crippen LogP contribution in [0.4, 0.5) is 19.5 Å².